The predicted molar refractivity (Wildman–Crippen MR) is 52.7 cm³/mol. The van der Waals surface area contributed by atoms with Crippen molar-refractivity contribution in [3.05, 3.63) is 46.0 Å². The zero-order chi connectivity index (χ0) is 10.4. The predicted octanol–water partition coefficient (Wildman–Crippen LogP) is 0.612. The molecule has 1 aromatic carbocycles. The van der Waals surface area contributed by atoms with Crippen LogP contribution in [0.4, 0.5) is 0 Å². The molecule has 0 aliphatic rings. The minimum atomic E-state index is -0.891. The smallest absolute Gasteiger partial charge is 0.292 e. The van der Waals surface area contributed by atoms with Gasteiger partial charge in [0.25, 0.3) is 5.96 Å². The van der Waals surface area contributed by atoms with Crippen LogP contribution in [0.2, 0.25) is 0 Å². The van der Waals surface area contributed by atoms with Crippen molar-refractivity contribution in [2.45, 2.75) is 0 Å². The monoisotopic (exact) mass is 192 g/mol. The lowest BCUT2D eigenvalue weighted by Gasteiger charge is -1.89. The van der Waals surface area contributed by atoms with E-state index in [1.54, 1.807) is 12.1 Å². The highest BCUT2D eigenvalue weighted by molar-refractivity contribution is 5.92. The molecule has 14 heavy (non-hydrogen) atoms. The third-order valence-corrected chi connectivity index (χ3v) is 1.33. The molecule has 0 bridgehead atoms. The third-order valence-electron chi connectivity index (χ3n) is 1.33. The van der Waals surface area contributed by atoms with Crippen LogP contribution >= 0.6 is 0 Å². The molecule has 0 fully saturated rings. The number of guanidine groups is 1. The largest absolute Gasteiger partial charge is 0.363 e. The fraction of sp³-hybridized carbons (Fsp3) is 0. The van der Waals surface area contributed by atoms with Crippen LogP contribution in [0.1, 0.15) is 5.56 Å². The van der Waals surface area contributed by atoms with Gasteiger partial charge < -0.3 is 5.73 Å². The standard InChI is InChI=1S/C8H8N4O2/c9-8(11-12(13)14)10-6-7-4-2-1-3-5-7/h1-6H,(H2,9,11). The molecule has 0 saturated heterocycles. The number of hydrogen-bond acceptors (Lipinski definition) is 2. The van der Waals surface area contributed by atoms with Crippen molar-refractivity contribution in [3.63, 3.8) is 0 Å². The summed E-state index contributed by atoms with van der Waals surface area (Å²) in [6.45, 7) is 0. The number of benzene rings is 1. The Labute approximate surface area is 79.9 Å². The van der Waals surface area contributed by atoms with Crippen LogP contribution < -0.4 is 5.73 Å². The molecule has 6 heteroatoms. The molecule has 0 radical (unpaired) electrons. The van der Waals surface area contributed by atoms with Gasteiger partial charge in [-0.25, -0.2) is 15.1 Å². The Kier molecular flexibility index (Phi) is 3.31. The van der Waals surface area contributed by atoms with Gasteiger partial charge in [-0.05, 0) is 5.56 Å². The second kappa shape index (κ2) is 4.70. The average molecular weight is 192 g/mol. The second-order valence-corrected chi connectivity index (χ2v) is 2.36. The maximum atomic E-state index is 9.89. The number of nitro groups is 1. The third kappa shape index (κ3) is 3.44. The molecule has 72 valence electrons. The molecule has 0 heterocycles. The number of aliphatic imine (C=N–C) groups is 1. The van der Waals surface area contributed by atoms with Gasteiger partial charge in [-0.2, -0.15) is 0 Å². The van der Waals surface area contributed by atoms with E-state index in [0.29, 0.717) is 0 Å². The lowest BCUT2D eigenvalue weighted by Crippen LogP contribution is -2.10. The van der Waals surface area contributed by atoms with Gasteiger partial charge in [-0.15, -0.1) is 0 Å². The Hall–Kier alpha value is -2.24. The summed E-state index contributed by atoms with van der Waals surface area (Å²) < 4.78 is 0. The van der Waals surface area contributed by atoms with Gasteiger partial charge >= 0.3 is 0 Å². The fourth-order valence-corrected chi connectivity index (χ4v) is 0.789. The first-order valence-electron chi connectivity index (χ1n) is 3.76. The quantitative estimate of drug-likeness (QED) is 0.322. The Morgan fingerprint density at radius 2 is 2.07 bits per heavy atom. The van der Waals surface area contributed by atoms with Crippen LogP contribution in [0, 0.1) is 10.1 Å². The van der Waals surface area contributed by atoms with E-state index in [1.807, 2.05) is 18.2 Å². The number of hydrogen-bond donors (Lipinski definition) is 1. The fourth-order valence-electron chi connectivity index (χ4n) is 0.789. The molecular formula is C8H8N4O2. The SMILES string of the molecule is NC(N=Cc1ccccc1)=N[N+](=O)[O-]. The average Bonchev–Trinajstić information content (AvgIpc) is 2.15. The Balaban J connectivity index is 2.70. The van der Waals surface area contributed by atoms with Crippen molar-refractivity contribution < 1.29 is 5.03 Å². The first kappa shape index (κ1) is 9.85. The van der Waals surface area contributed by atoms with Crippen LogP contribution in [0.5, 0.6) is 0 Å². The molecule has 6 nitrogen and oxygen atoms in total. The Morgan fingerprint density at radius 3 is 2.64 bits per heavy atom. The normalized spacial score (nSPS) is 11.9. The second-order valence-electron chi connectivity index (χ2n) is 2.36. The van der Waals surface area contributed by atoms with E-state index in [4.69, 9.17) is 5.73 Å². The van der Waals surface area contributed by atoms with E-state index < -0.39 is 5.03 Å². The van der Waals surface area contributed by atoms with Gasteiger partial charge in [-0.1, -0.05) is 30.3 Å². The Bertz CT molecular complexity index is 372. The summed E-state index contributed by atoms with van der Waals surface area (Å²) in [6, 6.07) is 9.09. The minimum absolute atomic E-state index is 0.376. The lowest BCUT2D eigenvalue weighted by molar-refractivity contribution is -0.485. The van der Waals surface area contributed by atoms with Gasteiger partial charge in [0.1, 0.15) is 5.10 Å². The zero-order valence-electron chi connectivity index (χ0n) is 7.20. The molecule has 0 atom stereocenters. The summed E-state index contributed by atoms with van der Waals surface area (Å²) in [7, 11) is 0. The minimum Gasteiger partial charge on any atom is -0.363 e. The van der Waals surface area contributed by atoms with Crippen LogP contribution in [-0.4, -0.2) is 17.2 Å². The molecule has 0 saturated carbocycles. The number of nitrogens with two attached hydrogens (primary N) is 1. The maximum absolute atomic E-state index is 9.89. The summed E-state index contributed by atoms with van der Waals surface area (Å²) in [4.78, 5) is 13.5. The van der Waals surface area contributed by atoms with Crippen molar-refractivity contribution in [2.24, 2.45) is 15.8 Å². The molecule has 0 aliphatic carbocycles. The molecule has 0 aliphatic heterocycles. The molecular weight excluding hydrogens is 184 g/mol. The van der Waals surface area contributed by atoms with E-state index in [-0.39, 0.29) is 5.96 Å². The van der Waals surface area contributed by atoms with Crippen molar-refractivity contribution >= 4 is 12.2 Å². The topological polar surface area (TPSA) is 93.9 Å². The van der Waals surface area contributed by atoms with Gasteiger partial charge in [-0.3, -0.25) is 0 Å². The lowest BCUT2D eigenvalue weighted by atomic mass is 10.2. The molecule has 2 N–H and O–H groups in total. The summed E-state index contributed by atoms with van der Waals surface area (Å²) in [5, 5.41) is 11.8. The van der Waals surface area contributed by atoms with Crippen LogP contribution in [0.3, 0.4) is 0 Å². The van der Waals surface area contributed by atoms with Crippen LogP contribution in [0.15, 0.2) is 40.4 Å². The van der Waals surface area contributed by atoms with Gasteiger partial charge in [0.05, 0.1) is 0 Å². The van der Waals surface area contributed by atoms with E-state index in [9.17, 15) is 10.1 Å². The highest BCUT2D eigenvalue weighted by atomic mass is 16.7. The summed E-state index contributed by atoms with van der Waals surface area (Å²) in [5.74, 6) is -0.376. The molecule has 0 unspecified atom stereocenters. The van der Waals surface area contributed by atoms with E-state index in [0.717, 1.165) is 5.56 Å². The molecule has 0 aromatic heterocycles. The number of hydrazone groups is 1. The summed E-state index contributed by atoms with van der Waals surface area (Å²) in [6.07, 6.45) is 1.41. The van der Waals surface area contributed by atoms with Gasteiger partial charge in [0, 0.05) is 6.21 Å². The van der Waals surface area contributed by atoms with Crippen LogP contribution in [0.25, 0.3) is 0 Å². The zero-order valence-corrected chi connectivity index (χ0v) is 7.20. The van der Waals surface area contributed by atoms with Gasteiger partial charge in [0.2, 0.25) is 0 Å². The summed E-state index contributed by atoms with van der Waals surface area (Å²) >= 11 is 0. The Morgan fingerprint density at radius 1 is 1.43 bits per heavy atom. The van der Waals surface area contributed by atoms with E-state index >= 15 is 0 Å². The first-order chi connectivity index (χ1) is 6.68. The summed E-state index contributed by atoms with van der Waals surface area (Å²) in [5.41, 5.74) is 5.93. The van der Waals surface area contributed by atoms with Crippen molar-refractivity contribution in [3.8, 4) is 0 Å². The number of nitrogens with zero attached hydrogens (tertiary/aromatic N) is 3. The van der Waals surface area contributed by atoms with E-state index in [2.05, 4.69) is 10.1 Å². The van der Waals surface area contributed by atoms with Crippen molar-refractivity contribution in [1.82, 2.24) is 0 Å². The first-order valence-corrected chi connectivity index (χ1v) is 3.76. The molecule has 0 amide bonds. The highest BCUT2D eigenvalue weighted by Gasteiger charge is 1.94. The van der Waals surface area contributed by atoms with Crippen LogP contribution in [-0.2, 0) is 0 Å². The highest BCUT2D eigenvalue weighted by Crippen LogP contribution is 1.93. The van der Waals surface area contributed by atoms with Gasteiger partial charge in [0.15, 0.2) is 5.03 Å². The van der Waals surface area contributed by atoms with Crippen molar-refractivity contribution in [1.29, 1.82) is 0 Å². The molecule has 0 spiro atoms. The maximum Gasteiger partial charge on any atom is 0.292 e. The molecule has 1 rings (SSSR count). The number of rotatable bonds is 2. The van der Waals surface area contributed by atoms with E-state index in [1.165, 1.54) is 6.21 Å². The van der Waals surface area contributed by atoms with Crippen molar-refractivity contribution in [2.75, 3.05) is 0 Å². The molecule has 1 aromatic rings.